The Morgan fingerprint density at radius 1 is 1.27 bits per heavy atom. The maximum Gasteiger partial charge on any atom is 0.257 e. The minimum atomic E-state index is -1.42. The van der Waals surface area contributed by atoms with E-state index in [1.165, 1.54) is 20.0 Å². The van der Waals surface area contributed by atoms with Crippen molar-refractivity contribution in [3.8, 4) is 11.4 Å². The number of nitrogens with one attached hydrogen (secondary N) is 2. The average Bonchev–Trinajstić information content (AvgIpc) is 3.29. The monoisotopic (exact) mass is 446 g/mol. The summed E-state index contributed by atoms with van der Waals surface area (Å²) >= 11 is 12.1. The van der Waals surface area contributed by atoms with Gasteiger partial charge in [-0.25, -0.2) is 4.39 Å². The lowest BCUT2D eigenvalue weighted by atomic mass is 10.1. The molecule has 30 heavy (non-hydrogen) atoms. The van der Waals surface area contributed by atoms with Gasteiger partial charge in [-0.05, 0) is 32.0 Å². The Hall–Kier alpha value is -2.97. The first-order valence-electron chi connectivity index (χ1n) is 9.02. The first-order valence-corrected chi connectivity index (χ1v) is 9.78. The third-order valence-electron chi connectivity index (χ3n) is 4.39. The summed E-state index contributed by atoms with van der Waals surface area (Å²) < 4.78 is 15.7. The topological polar surface area (TPSA) is 88.5 Å². The summed E-state index contributed by atoms with van der Waals surface area (Å²) in [6.45, 7) is 3.08. The summed E-state index contributed by atoms with van der Waals surface area (Å²) in [5.74, 6) is -0.435. The van der Waals surface area contributed by atoms with Crippen LogP contribution in [-0.4, -0.2) is 36.5 Å². The second-order valence-electron chi connectivity index (χ2n) is 7.36. The van der Waals surface area contributed by atoms with Gasteiger partial charge in [-0.3, -0.25) is 19.6 Å². The first-order chi connectivity index (χ1) is 14.2. The molecule has 2 N–H and O–H groups in total. The minimum absolute atomic E-state index is 0.0970. The number of halogens is 3. The second kappa shape index (κ2) is 7.70. The highest BCUT2D eigenvalue weighted by molar-refractivity contribution is 6.44. The molecule has 1 aromatic carbocycles. The molecule has 0 aliphatic rings. The number of hydrogen-bond donors (Lipinski definition) is 2. The Morgan fingerprint density at radius 2 is 2.07 bits per heavy atom. The fourth-order valence-corrected chi connectivity index (χ4v) is 3.42. The van der Waals surface area contributed by atoms with Gasteiger partial charge in [0.05, 0.1) is 51.4 Å². The van der Waals surface area contributed by atoms with Crippen LogP contribution in [0.1, 0.15) is 24.2 Å². The molecule has 3 aromatic heterocycles. The number of aromatic amines is 1. The number of pyridine rings is 1. The third kappa shape index (κ3) is 4.01. The average molecular weight is 447 g/mol. The van der Waals surface area contributed by atoms with Crippen LogP contribution in [0.25, 0.3) is 22.3 Å². The molecule has 0 unspecified atom stereocenters. The van der Waals surface area contributed by atoms with Crippen molar-refractivity contribution in [2.24, 2.45) is 0 Å². The molecule has 154 valence electrons. The Morgan fingerprint density at radius 3 is 2.83 bits per heavy atom. The summed E-state index contributed by atoms with van der Waals surface area (Å²) in [7, 11) is 0. The highest BCUT2D eigenvalue weighted by Crippen LogP contribution is 2.29. The van der Waals surface area contributed by atoms with Gasteiger partial charge < -0.3 is 5.32 Å². The number of hydrogen-bond acceptors (Lipinski definition) is 4. The number of fused-ring (bicyclic) bond motifs is 1. The molecule has 0 spiro atoms. The fourth-order valence-electron chi connectivity index (χ4n) is 3.04. The number of H-pyrrole nitrogens is 1. The molecule has 0 atom stereocenters. The predicted molar refractivity (Wildman–Crippen MR) is 115 cm³/mol. The van der Waals surface area contributed by atoms with Crippen LogP contribution in [0.5, 0.6) is 0 Å². The van der Waals surface area contributed by atoms with Crippen molar-refractivity contribution in [3.63, 3.8) is 0 Å². The molecule has 0 aliphatic carbocycles. The van der Waals surface area contributed by atoms with E-state index in [1.807, 2.05) is 0 Å². The van der Waals surface area contributed by atoms with Crippen LogP contribution < -0.4 is 5.32 Å². The van der Waals surface area contributed by atoms with Gasteiger partial charge in [0.25, 0.3) is 5.91 Å². The molecule has 4 rings (SSSR count). The van der Waals surface area contributed by atoms with E-state index < -0.39 is 11.6 Å². The lowest BCUT2D eigenvalue weighted by Gasteiger charge is -2.14. The summed E-state index contributed by atoms with van der Waals surface area (Å²) in [6.07, 6.45) is 4.74. The molecule has 0 saturated carbocycles. The number of amides is 1. The first kappa shape index (κ1) is 20.3. The van der Waals surface area contributed by atoms with Crippen molar-refractivity contribution in [1.29, 1.82) is 0 Å². The standard InChI is InChI=1S/C20H17Cl2FN6O/c1-20(2,23)10-29-16-6-14(24-7-11(16)8-26-29)18-15(9-25-28-18)27-19(30)12-4-3-5-13(21)17(12)22/h3-9H,10H2,1-2H3,(H,25,28)(H,27,30). The van der Waals surface area contributed by atoms with Crippen molar-refractivity contribution in [1.82, 2.24) is 25.0 Å². The van der Waals surface area contributed by atoms with E-state index >= 15 is 0 Å². The Labute approximate surface area is 181 Å². The zero-order valence-corrected chi connectivity index (χ0v) is 17.6. The van der Waals surface area contributed by atoms with Gasteiger partial charge in [0, 0.05) is 11.6 Å². The van der Waals surface area contributed by atoms with Crippen LogP contribution in [0, 0.1) is 0 Å². The third-order valence-corrected chi connectivity index (χ3v) is 5.21. The molecule has 3 heterocycles. The smallest absolute Gasteiger partial charge is 0.257 e. The zero-order chi connectivity index (χ0) is 21.5. The molecule has 0 bridgehead atoms. The molecular formula is C20H17Cl2FN6O. The predicted octanol–water partition coefficient (Wildman–Crippen LogP) is 5.13. The molecular weight excluding hydrogens is 430 g/mol. The largest absolute Gasteiger partial charge is 0.319 e. The maximum atomic E-state index is 14.1. The van der Waals surface area contributed by atoms with Gasteiger partial charge in [0.15, 0.2) is 0 Å². The van der Waals surface area contributed by atoms with Gasteiger partial charge in [-0.2, -0.15) is 10.2 Å². The number of aromatic nitrogens is 5. The number of rotatable bonds is 5. The van der Waals surface area contributed by atoms with E-state index in [-0.39, 0.29) is 22.2 Å². The Kier molecular flexibility index (Phi) is 5.21. The minimum Gasteiger partial charge on any atom is -0.319 e. The van der Waals surface area contributed by atoms with E-state index in [4.69, 9.17) is 23.2 Å². The highest BCUT2D eigenvalue weighted by atomic mass is 35.5. The van der Waals surface area contributed by atoms with Crippen molar-refractivity contribution < 1.29 is 9.18 Å². The van der Waals surface area contributed by atoms with Gasteiger partial charge >= 0.3 is 0 Å². The van der Waals surface area contributed by atoms with Crippen LogP contribution in [0.3, 0.4) is 0 Å². The molecule has 4 aromatic rings. The molecule has 0 saturated heterocycles. The summed E-state index contributed by atoms with van der Waals surface area (Å²) in [6, 6.07) is 6.59. The fraction of sp³-hybridized carbons (Fsp3) is 0.200. The molecule has 7 nitrogen and oxygen atoms in total. The van der Waals surface area contributed by atoms with Crippen LogP contribution in [0.4, 0.5) is 10.1 Å². The van der Waals surface area contributed by atoms with E-state index in [0.29, 0.717) is 17.1 Å². The molecule has 0 aliphatic heterocycles. The van der Waals surface area contributed by atoms with Crippen molar-refractivity contribution in [2.75, 3.05) is 5.32 Å². The summed E-state index contributed by atoms with van der Waals surface area (Å²) in [5, 5.41) is 15.1. The number of nitrogens with zero attached hydrogens (tertiary/aromatic N) is 4. The Bertz CT molecular complexity index is 1240. The summed E-state index contributed by atoms with van der Waals surface area (Å²) in [5.41, 5.74) is 0.964. The van der Waals surface area contributed by atoms with Gasteiger partial charge in [-0.15, -0.1) is 0 Å². The van der Waals surface area contributed by atoms with E-state index in [0.717, 1.165) is 10.9 Å². The second-order valence-corrected chi connectivity index (χ2v) is 8.15. The van der Waals surface area contributed by atoms with Crippen molar-refractivity contribution in [3.05, 3.63) is 58.5 Å². The molecule has 0 fully saturated rings. The number of carbonyl (C=O) groups is 1. The van der Waals surface area contributed by atoms with Crippen LogP contribution >= 0.6 is 23.2 Å². The quantitative estimate of drug-likeness (QED) is 0.444. The number of benzene rings is 1. The lowest BCUT2D eigenvalue weighted by Crippen LogP contribution is -2.21. The van der Waals surface area contributed by atoms with Gasteiger partial charge in [0.1, 0.15) is 11.4 Å². The van der Waals surface area contributed by atoms with E-state index in [9.17, 15) is 9.18 Å². The van der Waals surface area contributed by atoms with E-state index in [1.54, 1.807) is 41.3 Å². The molecule has 0 radical (unpaired) electrons. The number of anilines is 1. The highest BCUT2D eigenvalue weighted by Gasteiger charge is 2.20. The number of carbonyl (C=O) groups excluding carboxylic acids is 1. The van der Waals surface area contributed by atoms with Crippen LogP contribution in [0.2, 0.25) is 10.0 Å². The van der Waals surface area contributed by atoms with Crippen LogP contribution in [-0.2, 0) is 6.54 Å². The summed E-state index contributed by atoms with van der Waals surface area (Å²) in [4.78, 5) is 17.1. The van der Waals surface area contributed by atoms with Gasteiger partial charge in [-0.1, -0.05) is 29.3 Å². The Balaban J connectivity index is 1.67. The van der Waals surface area contributed by atoms with Crippen molar-refractivity contribution >= 4 is 45.7 Å². The number of alkyl halides is 1. The van der Waals surface area contributed by atoms with Gasteiger partial charge in [0.2, 0.25) is 0 Å². The zero-order valence-electron chi connectivity index (χ0n) is 16.1. The normalized spacial score (nSPS) is 11.8. The van der Waals surface area contributed by atoms with Crippen molar-refractivity contribution in [2.45, 2.75) is 26.1 Å². The molecule has 10 heteroatoms. The van der Waals surface area contributed by atoms with Crippen LogP contribution in [0.15, 0.2) is 42.9 Å². The maximum absolute atomic E-state index is 14.1. The lowest BCUT2D eigenvalue weighted by molar-refractivity contribution is 0.102. The van der Waals surface area contributed by atoms with E-state index in [2.05, 4.69) is 25.6 Å². The SMILES string of the molecule is CC(C)(F)Cn1ncc2cnc(-c3[nH]ncc3NC(=O)c3cccc(Cl)c3Cl)cc21. The molecule has 1 amide bonds.